The number of hydrogen-bond donors (Lipinski definition) is 1. The summed E-state index contributed by atoms with van der Waals surface area (Å²) in [5.74, 6) is 1.33. The maximum atomic E-state index is 12.3. The van der Waals surface area contributed by atoms with Crippen molar-refractivity contribution in [2.24, 2.45) is 5.92 Å². The molecule has 2 bridgehead atoms. The van der Waals surface area contributed by atoms with Gasteiger partial charge in [0.2, 0.25) is 5.91 Å². The number of piperidine rings is 1. The van der Waals surface area contributed by atoms with Crippen molar-refractivity contribution < 1.29 is 9.53 Å². The minimum Gasteiger partial charge on any atom is -0.495 e. The standard InChI is InChI=1S/C21H22ClN3O3S2/c1-28-18-6-5-15(8-16(18)22)23-19(26)12-30-21(29)24-9-13-7-14(11-24)17-3-2-4-20(27)25(17)10-13/h2-6,8,13-14H,7,9-12H2,1H3,(H,23,26). The molecule has 2 aliphatic heterocycles. The number of anilines is 1. The number of thiocarbonyl (C=S) groups is 1. The summed E-state index contributed by atoms with van der Waals surface area (Å²) in [5, 5.41) is 3.28. The molecule has 2 aromatic rings. The van der Waals surface area contributed by atoms with Gasteiger partial charge in [-0.3, -0.25) is 9.59 Å². The van der Waals surface area contributed by atoms with Crippen LogP contribution in [-0.4, -0.2) is 45.6 Å². The van der Waals surface area contributed by atoms with Crippen molar-refractivity contribution in [3.8, 4) is 5.75 Å². The largest absolute Gasteiger partial charge is 0.495 e. The predicted octanol–water partition coefficient (Wildman–Crippen LogP) is 3.59. The molecule has 1 amide bonds. The minimum atomic E-state index is -0.141. The molecule has 1 aromatic heterocycles. The zero-order chi connectivity index (χ0) is 21.3. The Morgan fingerprint density at radius 2 is 2.13 bits per heavy atom. The lowest BCUT2D eigenvalue weighted by Crippen LogP contribution is -2.48. The number of benzene rings is 1. The van der Waals surface area contributed by atoms with E-state index in [4.69, 9.17) is 28.6 Å². The van der Waals surface area contributed by atoms with Crippen LogP contribution < -0.4 is 15.6 Å². The number of nitrogens with one attached hydrogen (secondary N) is 1. The molecule has 1 saturated heterocycles. The molecule has 0 aliphatic carbocycles. The number of likely N-dealkylation sites (tertiary alicyclic amines) is 1. The molecule has 6 nitrogen and oxygen atoms in total. The molecule has 2 atom stereocenters. The van der Waals surface area contributed by atoms with E-state index in [-0.39, 0.29) is 17.2 Å². The summed E-state index contributed by atoms with van der Waals surface area (Å²) in [6.45, 7) is 2.33. The Labute approximate surface area is 189 Å². The average molecular weight is 464 g/mol. The predicted molar refractivity (Wildman–Crippen MR) is 125 cm³/mol. The van der Waals surface area contributed by atoms with Gasteiger partial charge in [-0.15, -0.1) is 0 Å². The van der Waals surface area contributed by atoms with Crippen molar-refractivity contribution in [1.29, 1.82) is 0 Å². The summed E-state index contributed by atoms with van der Waals surface area (Å²) in [7, 11) is 1.54. The van der Waals surface area contributed by atoms with E-state index in [9.17, 15) is 9.59 Å². The van der Waals surface area contributed by atoms with Crippen molar-refractivity contribution in [2.45, 2.75) is 18.9 Å². The monoisotopic (exact) mass is 463 g/mol. The molecule has 1 fully saturated rings. The smallest absolute Gasteiger partial charge is 0.250 e. The number of amides is 1. The molecule has 30 heavy (non-hydrogen) atoms. The zero-order valence-corrected chi connectivity index (χ0v) is 18.9. The molecule has 9 heteroatoms. The van der Waals surface area contributed by atoms with Gasteiger partial charge in [0.1, 0.15) is 10.1 Å². The van der Waals surface area contributed by atoms with Crippen LogP contribution in [0.25, 0.3) is 0 Å². The molecule has 0 radical (unpaired) electrons. The number of methoxy groups -OCH3 is 1. The number of carbonyl (C=O) groups excluding carboxylic acids is 1. The number of ether oxygens (including phenoxy) is 1. The number of rotatable bonds is 4. The Morgan fingerprint density at radius 1 is 1.30 bits per heavy atom. The van der Waals surface area contributed by atoms with Crippen LogP contribution in [-0.2, 0) is 11.3 Å². The van der Waals surface area contributed by atoms with Crippen LogP contribution in [0.4, 0.5) is 5.69 Å². The molecule has 4 rings (SSSR count). The van der Waals surface area contributed by atoms with Gasteiger partial charge in [-0.1, -0.05) is 41.6 Å². The van der Waals surface area contributed by atoms with Crippen molar-refractivity contribution in [3.63, 3.8) is 0 Å². The fraction of sp³-hybridized carbons (Fsp3) is 0.381. The molecule has 0 spiro atoms. The van der Waals surface area contributed by atoms with Gasteiger partial charge < -0.3 is 19.5 Å². The van der Waals surface area contributed by atoms with E-state index >= 15 is 0 Å². The summed E-state index contributed by atoms with van der Waals surface area (Å²) in [6.07, 6.45) is 1.08. The summed E-state index contributed by atoms with van der Waals surface area (Å²) < 4.78 is 7.74. The minimum absolute atomic E-state index is 0.0721. The van der Waals surface area contributed by atoms with Gasteiger partial charge in [0.15, 0.2) is 0 Å². The van der Waals surface area contributed by atoms with Gasteiger partial charge >= 0.3 is 0 Å². The van der Waals surface area contributed by atoms with E-state index in [2.05, 4.69) is 10.2 Å². The first-order chi connectivity index (χ1) is 14.4. The molecule has 1 aromatic carbocycles. The van der Waals surface area contributed by atoms with Crippen LogP contribution in [0, 0.1) is 5.92 Å². The Kier molecular flexibility index (Phi) is 6.36. The number of fused-ring (bicyclic) bond motifs is 4. The van der Waals surface area contributed by atoms with E-state index in [0.29, 0.717) is 28.3 Å². The number of pyridine rings is 1. The van der Waals surface area contributed by atoms with Crippen LogP contribution in [0.1, 0.15) is 18.0 Å². The molecule has 3 heterocycles. The van der Waals surface area contributed by atoms with Gasteiger partial charge in [-0.25, -0.2) is 0 Å². The van der Waals surface area contributed by atoms with Gasteiger partial charge in [0.25, 0.3) is 5.56 Å². The number of aromatic nitrogens is 1. The molecule has 158 valence electrons. The third-order valence-electron chi connectivity index (χ3n) is 5.50. The number of hydrogen-bond acceptors (Lipinski definition) is 5. The maximum absolute atomic E-state index is 12.3. The third-order valence-corrected chi connectivity index (χ3v) is 7.32. The Morgan fingerprint density at radius 3 is 2.90 bits per heavy atom. The highest BCUT2D eigenvalue weighted by atomic mass is 35.5. The number of thioether (sulfide) groups is 1. The molecular weight excluding hydrogens is 442 g/mol. The highest BCUT2D eigenvalue weighted by molar-refractivity contribution is 8.23. The molecule has 2 aliphatic rings. The zero-order valence-electron chi connectivity index (χ0n) is 16.5. The van der Waals surface area contributed by atoms with Crippen molar-refractivity contribution >= 4 is 51.5 Å². The second-order valence-corrected chi connectivity index (χ2v) is 9.57. The van der Waals surface area contributed by atoms with Gasteiger partial charge in [0.05, 0.1) is 17.9 Å². The summed E-state index contributed by atoms with van der Waals surface area (Å²) in [6, 6.07) is 10.6. The first-order valence-electron chi connectivity index (χ1n) is 9.69. The molecule has 0 saturated carbocycles. The fourth-order valence-electron chi connectivity index (χ4n) is 4.21. The van der Waals surface area contributed by atoms with Crippen LogP contribution in [0.15, 0.2) is 41.2 Å². The molecular formula is C21H22ClN3O3S2. The lowest BCUT2D eigenvalue weighted by atomic mass is 9.83. The summed E-state index contributed by atoms with van der Waals surface area (Å²) in [4.78, 5) is 26.7. The van der Waals surface area contributed by atoms with Crippen LogP contribution >= 0.6 is 35.6 Å². The second-order valence-electron chi connectivity index (χ2n) is 7.56. The highest BCUT2D eigenvalue weighted by Crippen LogP contribution is 2.36. The summed E-state index contributed by atoms with van der Waals surface area (Å²) in [5.41, 5.74) is 1.78. The Bertz CT molecular complexity index is 1040. The van der Waals surface area contributed by atoms with E-state index in [1.807, 2.05) is 16.7 Å². The second kappa shape index (κ2) is 8.99. The lowest BCUT2D eigenvalue weighted by molar-refractivity contribution is -0.113. The van der Waals surface area contributed by atoms with Crippen LogP contribution in [0.3, 0.4) is 0 Å². The van der Waals surface area contributed by atoms with Crippen molar-refractivity contribution in [3.05, 3.63) is 57.5 Å². The van der Waals surface area contributed by atoms with E-state index < -0.39 is 0 Å². The Balaban J connectivity index is 1.33. The maximum Gasteiger partial charge on any atom is 0.250 e. The topological polar surface area (TPSA) is 63.6 Å². The quantitative estimate of drug-likeness (QED) is 0.699. The van der Waals surface area contributed by atoms with Crippen LogP contribution in [0.2, 0.25) is 5.02 Å². The third kappa shape index (κ3) is 4.50. The van der Waals surface area contributed by atoms with Crippen LogP contribution in [0.5, 0.6) is 5.75 Å². The normalized spacial score (nSPS) is 19.7. The van der Waals surface area contributed by atoms with Gasteiger partial charge in [-0.2, -0.15) is 0 Å². The molecule has 1 N–H and O–H groups in total. The SMILES string of the molecule is COc1ccc(NC(=O)CSC(=S)N2CC3CC(C2)c2cccc(=O)n2C3)cc1Cl. The number of carbonyl (C=O) groups is 1. The highest BCUT2D eigenvalue weighted by Gasteiger charge is 2.35. The number of nitrogens with zero attached hydrogens (tertiary/aromatic N) is 2. The van der Waals surface area contributed by atoms with Gasteiger partial charge in [0, 0.05) is 43.0 Å². The van der Waals surface area contributed by atoms with E-state index in [0.717, 1.165) is 36.1 Å². The fourth-order valence-corrected chi connectivity index (χ4v) is 5.45. The summed E-state index contributed by atoms with van der Waals surface area (Å²) >= 11 is 13.1. The average Bonchev–Trinajstić information content (AvgIpc) is 2.73. The van der Waals surface area contributed by atoms with Crippen molar-refractivity contribution in [2.75, 3.05) is 31.3 Å². The molecule has 2 unspecified atom stereocenters. The van der Waals surface area contributed by atoms with Gasteiger partial charge in [-0.05, 0) is 36.6 Å². The van der Waals surface area contributed by atoms with E-state index in [1.54, 1.807) is 31.4 Å². The van der Waals surface area contributed by atoms with Crippen molar-refractivity contribution in [1.82, 2.24) is 9.47 Å². The first-order valence-corrected chi connectivity index (χ1v) is 11.5. The van der Waals surface area contributed by atoms with E-state index in [1.165, 1.54) is 11.8 Å². The Hall–Kier alpha value is -2.03. The number of halogens is 1. The first kappa shape index (κ1) is 21.2. The lowest BCUT2D eigenvalue weighted by Gasteiger charge is -2.43.